The zero-order valence-corrected chi connectivity index (χ0v) is 15.5. The minimum Gasteiger partial charge on any atom is -0.495 e. The van der Waals surface area contributed by atoms with E-state index in [1.54, 1.807) is 25.3 Å². The molecular weight excluding hydrogens is 348 g/mol. The predicted octanol–water partition coefficient (Wildman–Crippen LogP) is 3.84. The Hall–Kier alpha value is -1.86. The molecule has 0 bridgehead atoms. The van der Waals surface area contributed by atoms with Crippen LogP contribution in [0.5, 0.6) is 5.75 Å². The Morgan fingerprint density at radius 3 is 2.88 bits per heavy atom. The molecule has 2 N–H and O–H groups in total. The van der Waals surface area contributed by atoms with Crippen LogP contribution in [0.4, 0.5) is 10.8 Å². The van der Waals surface area contributed by atoms with E-state index in [1.165, 1.54) is 11.3 Å². The highest BCUT2D eigenvalue weighted by Crippen LogP contribution is 2.27. The molecule has 0 aliphatic rings. The van der Waals surface area contributed by atoms with Crippen molar-refractivity contribution in [3.8, 4) is 5.75 Å². The van der Waals surface area contributed by atoms with E-state index in [0.717, 1.165) is 17.1 Å². The van der Waals surface area contributed by atoms with Crippen LogP contribution in [0.2, 0.25) is 5.02 Å². The monoisotopic (exact) mass is 368 g/mol. The Bertz CT molecular complexity index is 690. The standard InChI is InChI=1S/C16H21ClN4O2S/c1-10(2)8-15-20-21-16(24-15)19-14(22)6-7-18-12-9-11(17)4-5-13(12)23-3/h4-5,9-10,18H,6-8H2,1-3H3,(H,19,21,22). The van der Waals surface area contributed by atoms with Crippen LogP contribution in [0.3, 0.4) is 0 Å². The van der Waals surface area contributed by atoms with E-state index in [4.69, 9.17) is 16.3 Å². The van der Waals surface area contributed by atoms with Gasteiger partial charge in [0.05, 0.1) is 12.8 Å². The number of hydrogen-bond donors (Lipinski definition) is 2. The van der Waals surface area contributed by atoms with Crippen molar-refractivity contribution in [3.05, 3.63) is 28.2 Å². The first-order valence-corrected chi connectivity index (χ1v) is 8.87. The van der Waals surface area contributed by atoms with Crippen molar-refractivity contribution in [3.63, 3.8) is 0 Å². The smallest absolute Gasteiger partial charge is 0.227 e. The van der Waals surface area contributed by atoms with Crippen molar-refractivity contribution in [2.75, 3.05) is 24.3 Å². The van der Waals surface area contributed by atoms with Gasteiger partial charge in [0.15, 0.2) is 0 Å². The third-order valence-electron chi connectivity index (χ3n) is 3.13. The molecule has 0 radical (unpaired) electrons. The highest BCUT2D eigenvalue weighted by molar-refractivity contribution is 7.15. The number of amides is 1. The van der Waals surface area contributed by atoms with Crippen molar-refractivity contribution in [1.29, 1.82) is 0 Å². The zero-order valence-electron chi connectivity index (χ0n) is 13.9. The van der Waals surface area contributed by atoms with Crippen molar-refractivity contribution in [2.24, 2.45) is 5.92 Å². The molecule has 1 heterocycles. The summed E-state index contributed by atoms with van der Waals surface area (Å²) in [6.45, 7) is 4.70. The van der Waals surface area contributed by atoms with Crippen LogP contribution in [0.15, 0.2) is 18.2 Å². The second-order valence-electron chi connectivity index (χ2n) is 5.67. The summed E-state index contributed by atoms with van der Waals surface area (Å²) in [5.74, 6) is 1.08. The third-order valence-corrected chi connectivity index (χ3v) is 4.22. The fourth-order valence-electron chi connectivity index (χ4n) is 2.05. The SMILES string of the molecule is COc1ccc(Cl)cc1NCCC(=O)Nc1nnc(CC(C)C)s1. The normalized spacial score (nSPS) is 10.7. The summed E-state index contributed by atoms with van der Waals surface area (Å²) in [6, 6.07) is 5.30. The number of hydrogen-bond acceptors (Lipinski definition) is 6. The highest BCUT2D eigenvalue weighted by atomic mass is 35.5. The predicted molar refractivity (Wildman–Crippen MR) is 98.2 cm³/mol. The molecule has 1 aromatic carbocycles. The Labute approximate surface area is 150 Å². The Morgan fingerprint density at radius 1 is 1.38 bits per heavy atom. The molecule has 0 fully saturated rings. The lowest BCUT2D eigenvalue weighted by Crippen LogP contribution is -2.16. The average Bonchev–Trinajstić information content (AvgIpc) is 2.93. The summed E-state index contributed by atoms with van der Waals surface area (Å²) in [5.41, 5.74) is 0.757. The lowest BCUT2D eigenvalue weighted by Gasteiger charge is -2.11. The number of carbonyl (C=O) groups excluding carboxylic acids is 1. The third kappa shape index (κ3) is 5.65. The van der Waals surface area contributed by atoms with Gasteiger partial charge in [0, 0.05) is 24.4 Å². The number of nitrogens with one attached hydrogen (secondary N) is 2. The van der Waals surface area contributed by atoms with Crippen LogP contribution >= 0.6 is 22.9 Å². The van der Waals surface area contributed by atoms with Gasteiger partial charge in [0.1, 0.15) is 10.8 Å². The minimum atomic E-state index is -0.115. The molecule has 0 aliphatic heterocycles. The maximum Gasteiger partial charge on any atom is 0.227 e. The molecule has 0 atom stereocenters. The van der Waals surface area contributed by atoms with Crippen molar-refractivity contribution in [1.82, 2.24) is 10.2 Å². The lowest BCUT2D eigenvalue weighted by molar-refractivity contribution is -0.115. The molecule has 0 spiro atoms. The van der Waals surface area contributed by atoms with E-state index in [0.29, 0.717) is 34.8 Å². The fraction of sp³-hybridized carbons (Fsp3) is 0.438. The molecule has 0 unspecified atom stereocenters. The highest BCUT2D eigenvalue weighted by Gasteiger charge is 2.10. The number of benzene rings is 1. The number of anilines is 2. The summed E-state index contributed by atoms with van der Waals surface area (Å²) >= 11 is 7.39. The molecule has 0 saturated carbocycles. The molecular formula is C16H21ClN4O2S. The van der Waals surface area contributed by atoms with E-state index >= 15 is 0 Å². The summed E-state index contributed by atoms with van der Waals surface area (Å²) in [5, 5.41) is 16.1. The number of carbonyl (C=O) groups is 1. The summed E-state index contributed by atoms with van der Waals surface area (Å²) < 4.78 is 5.25. The quantitative estimate of drug-likeness (QED) is 0.740. The molecule has 0 saturated heterocycles. The topological polar surface area (TPSA) is 76.1 Å². The molecule has 1 aromatic heterocycles. The van der Waals surface area contributed by atoms with Crippen LogP contribution in [-0.2, 0) is 11.2 Å². The van der Waals surface area contributed by atoms with Gasteiger partial charge in [-0.2, -0.15) is 0 Å². The number of nitrogens with zero attached hydrogens (tertiary/aromatic N) is 2. The van der Waals surface area contributed by atoms with E-state index in [2.05, 4.69) is 34.7 Å². The van der Waals surface area contributed by atoms with Gasteiger partial charge in [-0.15, -0.1) is 10.2 Å². The summed E-state index contributed by atoms with van der Waals surface area (Å²) in [4.78, 5) is 12.0. The molecule has 2 aromatic rings. The Balaban J connectivity index is 1.81. The number of aromatic nitrogens is 2. The zero-order chi connectivity index (χ0) is 17.5. The molecule has 2 rings (SSSR count). The van der Waals surface area contributed by atoms with Crippen LogP contribution in [0, 0.1) is 5.92 Å². The molecule has 1 amide bonds. The van der Waals surface area contributed by atoms with Gasteiger partial charge in [-0.25, -0.2) is 0 Å². The van der Waals surface area contributed by atoms with Crippen LogP contribution in [0.25, 0.3) is 0 Å². The second-order valence-corrected chi connectivity index (χ2v) is 7.17. The van der Waals surface area contributed by atoms with Crippen molar-refractivity contribution >= 4 is 39.7 Å². The first-order chi connectivity index (χ1) is 11.5. The minimum absolute atomic E-state index is 0.115. The number of ether oxygens (including phenoxy) is 1. The molecule has 130 valence electrons. The van der Waals surface area contributed by atoms with Gasteiger partial charge in [-0.1, -0.05) is 36.8 Å². The first-order valence-electron chi connectivity index (χ1n) is 7.67. The van der Waals surface area contributed by atoms with Crippen molar-refractivity contribution < 1.29 is 9.53 Å². The summed E-state index contributed by atoms with van der Waals surface area (Å²) in [7, 11) is 1.59. The van der Waals surface area contributed by atoms with E-state index in [9.17, 15) is 4.79 Å². The number of rotatable bonds is 8. The molecule has 8 heteroatoms. The van der Waals surface area contributed by atoms with Gasteiger partial charge >= 0.3 is 0 Å². The molecule has 24 heavy (non-hydrogen) atoms. The number of halogens is 1. The Kier molecular flexibility index (Phi) is 6.81. The first kappa shape index (κ1) is 18.5. The van der Waals surface area contributed by atoms with Gasteiger partial charge in [0.2, 0.25) is 11.0 Å². The molecule has 6 nitrogen and oxygen atoms in total. The van der Waals surface area contributed by atoms with Crippen LogP contribution < -0.4 is 15.4 Å². The van der Waals surface area contributed by atoms with E-state index in [-0.39, 0.29) is 5.91 Å². The van der Waals surface area contributed by atoms with Crippen LogP contribution in [-0.4, -0.2) is 29.8 Å². The molecule has 0 aliphatic carbocycles. The fourth-order valence-corrected chi connectivity index (χ4v) is 3.19. The van der Waals surface area contributed by atoms with Gasteiger partial charge in [-0.3, -0.25) is 4.79 Å². The maximum absolute atomic E-state index is 12.0. The Morgan fingerprint density at radius 2 is 2.17 bits per heavy atom. The van der Waals surface area contributed by atoms with E-state index < -0.39 is 0 Å². The number of methoxy groups -OCH3 is 1. The average molecular weight is 369 g/mol. The summed E-state index contributed by atoms with van der Waals surface area (Å²) in [6.07, 6.45) is 1.17. The van der Waals surface area contributed by atoms with Crippen LogP contribution in [0.1, 0.15) is 25.3 Å². The largest absolute Gasteiger partial charge is 0.495 e. The van der Waals surface area contributed by atoms with Gasteiger partial charge in [-0.05, 0) is 24.1 Å². The van der Waals surface area contributed by atoms with Crippen molar-refractivity contribution in [2.45, 2.75) is 26.7 Å². The lowest BCUT2D eigenvalue weighted by atomic mass is 10.1. The van der Waals surface area contributed by atoms with Gasteiger partial charge in [0.25, 0.3) is 0 Å². The van der Waals surface area contributed by atoms with Gasteiger partial charge < -0.3 is 15.4 Å². The maximum atomic E-state index is 12.0. The second kappa shape index (κ2) is 8.84. The van der Waals surface area contributed by atoms with E-state index in [1.807, 2.05) is 0 Å².